The average molecular weight is 293 g/mol. The van der Waals surface area contributed by atoms with Crippen molar-refractivity contribution in [2.75, 3.05) is 7.11 Å². The number of hydrogen-bond acceptors (Lipinski definition) is 3. The monoisotopic (exact) mass is 293 g/mol. The lowest BCUT2D eigenvalue weighted by atomic mass is 10.1. The molecule has 21 heavy (non-hydrogen) atoms. The van der Waals surface area contributed by atoms with Crippen LogP contribution in [0.25, 0.3) is 0 Å². The summed E-state index contributed by atoms with van der Waals surface area (Å²) in [7, 11) is 1.39. The Kier molecular flexibility index (Phi) is 4.75. The topological polar surface area (TPSA) is 44.5 Å². The molecule has 0 saturated carbocycles. The minimum Gasteiger partial charge on any atom is -0.494 e. The van der Waals surface area contributed by atoms with Crippen LogP contribution in [0.1, 0.15) is 24.1 Å². The summed E-state index contributed by atoms with van der Waals surface area (Å²) in [4.78, 5) is 0. The first kappa shape index (κ1) is 15.3. The molecule has 3 nitrogen and oxygen atoms in total. The van der Waals surface area contributed by atoms with Crippen LogP contribution in [-0.2, 0) is 6.61 Å². The van der Waals surface area contributed by atoms with Crippen LogP contribution >= 0.6 is 0 Å². The highest BCUT2D eigenvalue weighted by molar-refractivity contribution is 5.37. The summed E-state index contributed by atoms with van der Waals surface area (Å²) in [5.74, 6) is -0.464. The third-order valence-corrected chi connectivity index (χ3v) is 3.11. The van der Waals surface area contributed by atoms with Gasteiger partial charge in [0.15, 0.2) is 11.6 Å². The van der Waals surface area contributed by atoms with E-state index >= 15 is 0 Å². The molecule has 0 fully saturated rings. The standard InChI is InChI=1S/C16H17F2NO2/c1-10(19)13-7-6-12(17)8-15(13)21-9-11-4-3-5-14(20-2)16(11)18/h3-8,10H,9,19H2,1-2H3/t10-/m1/s1. The largest absolute Gasteiger partial charge is 0.494 e. The number of nitrogens with two attached hydrogens (primary N) is 1. The van der Waals surface area contributed by atoms with E-state index in [1.165, 1.54) is 25.3 Å². The third kappa shape index (κ3) is 3.49. The van der Waals surface area contributed by atoms with Crippen LogP contribution in [0, 0.1) is 11.6 Å². The molecule has 2 aromatic carbocycles. The number of methoxy groups -OCH3 is 1. The molecule has 0 aromatic heterocycles. The third-order valence-electron chi connectivity index (χ3n) is 3.11. The summed E-state index contributed by atoms with van der Waals surface area (Å²) in [6, 6.07) is 8.59. The van der Waals surface area contributed by atoms with Crippen LogP contribution in [0.3, 0.4) is 0 Å². The summed E-state index contributed by atoms with van der Waals surface area (Å²) in [6.45, 7) is 1.73. The first-order chi connectivity index (χ1) is 10.0. The van der Waals surface area contributed by atoms with Crippen molar-refractivity contribution in [2.24, 2.45) is 5.73 Å². The van der Waals surface area contributed by atoms with Crippen molar-refractivity contribution in [1.82, 2.24) is 0 Å². The molecule has 0 spiro atoms. The van der Waals surface area contributed by atoms with E-state index in [0.717, 1.165) is 0 Å². The average Bonchev–Trinajstić information content (AvgIpc) is 2.46. The van der Waals surface area contributed by atoms with Gasteiger partial charge in [0.2, 0.25) is 0 Å². The molecule has 112 valence electrons. The van der Waals surface area contributed by atoms with Gasteiger partial charge in [0.05, 0.1) is 7.11 Å². The van der Waals surface area contributed by atoms with Gasteiger partial charge in [0.25, 0.3) is 0 Å². The number of halogens is 2. The predicted octanol–water partition coefficient (Wildman–Crippen LogP) is 3.57. The Hall–Kier alpha value is -2.14. The highest BCUT2D eigenvalue weighted by atomic mass is 19.1. The van der Waals surface area contributed by atoms with Gasteiger partial charge in [-0.05, 0) is 19.1 Å². The Balaban J connectivity index is 2.22. The molecule has 0 radical (unpaired) electrons. The summed E-state index contributed by atoms with van der Waals surface area (Å²) in [5.41, 5.74) is 6.81. The fourth-order valence-electron chi connectivity index (χ4n) is 1.99. The highest BCUT2D eigenvalue weighted by Crippen LogP contribution is 2.27. The minimum atomic E-state index is -0.487. The zero-order valence-corrected chi connectivity index (χ0v) is 11.9. The maximum atomic E-state index is 14.0. The van der Waals surface area contributed by atoms with E-state index in [9.17, 15) is 8.78 Å². The first-order valence-electron chi connectivity index (χ1n) is 6.52. The van der Waals surface area contributed by atoms with E-state index in [1.807, 2.05) is 0 Å². The van der Waals surface area contributed by atoms with Gasteiger partial charge < -0.3 is 15.2 Å². The molecule has 2 rings (SSSR count). The molecule has 0 saturated heterocycles. The van der Waals surface area contributed by atoms with Gasteiger partial charge in [-0.25, -0.2) is 8.78 Å². The molecule has 0 bridgehead atoms. The second kappa shape index (κ2) is 6.54. The van der Waals surface area contributed by atoms with E-state index in [1.54, 1.807) is 25.1 Å². The van der Waals surface area contributed by atoms with Crippen LogP contribution in [0.4, 0.5) is 8.78 Å². The Morgan fingerprint density at radius 2 is 1.90 bits per heavy atom. The van der Waals surface area contributed by atoms with Gasteiger partial charge in [-0.2, -0.15) is 0 Å². The molecule has 2 aromatic rings. The van der Waals surface area contributed by atoms with Gasteiger partial charge in [0, 0.05) is 23.2 Å². The Morgan fingerprint density at radius 3 is 2.57 bits per heavy atom. The summed E-state index contributed by atoms with van der Waals surface area (Å²) >= 11 is 0. The molecule has 0 unspecified atom stereocenters. The second-order valence-corrected chi connectivity index (χ2v) is 4.69. The van der Waals surface area contributed by atoms with Gasteiger partial charge >= 0.3 is 0 Å². The predicted molar refractivity (Wildman–Crippen MR) is 76.3 cm³/mol. The summed E-state index contributed by atoms with van der Waals surface area (Å²) in [5, 5.41) is 0. The van der Waals surface area contributed by atoms with Gasteiger partial charge in [-0.15, -0.1) is 0 Å². The maximum Gasteiger partial charge on any atom is 0.171 e. The van der Waals surface area contributed by atoms with E-state index in [0.29, 0.717) is 16.9 Å². The van der Waals surface area contributed by atoms with Crippen molar-refractivity contribution in [3.05, 3.63) is 59.2 Å². The molecule has 0 heterocycles. The lowest BCUT2D eigenvalue weighted by Crippen LogP contribution is -2.09. The van der Waals surface area contributed by atoms with Crippen LogP contribution < -0.4 is 15.2 Å². The fraction of sp³-hybridized carbons (Fsp3) is 0.250. The quantitative estimate of drug-likeness (QED) is 0.916. The lowest BCUT2D eigenvalue weighted by Gasteiger charge is -2.15. The van der Waals surface area contributed by atoms with E-state index < -0.39 is 11.6 Å². The van der Waals surface area contributed by atoms with Crippen LogP contribution in [0.5, 0.6) is 11.5 Å². The number of ether oxygens (including phenoxy) is 2. The Morgan fingerprint density at radius 1 is 1.14 bits per heavy atom. The maximum absolute atomic E-state index is 14.0. The zero-order valence-electron chi connectivity index (χ0n) is 11.9. The first-order valence-corrected chi connectivity index (χ1v) is 6.52. The molecule has 0 aliphatic carbocycles. The highest BCUT2D eigenvalue weighted by Gasteiger charge is 2.12. The minimum absolute atomic E-state index is 0.0355. The molecule has 5 heteroatoms. The molecule has 2 N–H and O–H groups in total. The second-order valence-electron chi connectivity index (χ2n) is 4.69. The number of benzene rings is 2. The zero-order chi connectivity index (χ0) is 15.4. The smallest absolute Gasteiger partial charge is 0.171 e. The normalized spacial score (nSPS) is 12.0. The van der Waals surface area contributed by atoms with Crippen molar-refractivity contribution in [2.45, 2.75) is 19.6 Å². The van der Waals surface area contributed by atoms with Gasteiger partial charge in [-0.3, -0.25) is 0 Å². The summed E-state index contributed by atoms with van der Waals surface area (Å²) < 4.78 is 37.8. The number of rotatable bonds is 5. The number of hydrogen-bond donors (Lipinski definition) is 1. The molecule has 0 amide bonds. The fourth-order valence-corrected chi connectivity index (χ4v) is 1.99. The molecule has 0 aliphatic rings. The van der Waals surface area contributed by atoms with Gasteiger partial charge in [0.1, 0.15) is 18.2 Å². The lowest BCUT2D eigenvalue weighted by molar-refractivity contribution is 0.290. The van der Waals surface area contributed by atoms with Crippen molar-refractivity contribution < 1.29 is 18.3 Å². The van der Waals surface area contributed by atoms with Gasteiger partial charge in [-0.1, -0.05) is 18.2 Å². The Labute approximate surface area is 122 Å². The summed E-state index contributed by atoms with van der Waals surface area (Å²) in [6.07, 6.45) is 0. The van der Waals surface area contributed by atoms with Crippen LogP contribution in [-0.4, -0.2) is 7.11 Å². The molecule has 1 atom stereocenters. The van der Waals surface area contributed by atoms with Crippen LogP contribution in [0.2, 0.25) is 0 Å². The van der Waals surface area contributed by atoms with Crippen molar-refractivity contribution in [3.8, 4) is 11.5 Å². The van der Waals surface area contributed by atoms with E-state index in [2.05, 4.69) is 0 Å². The van der Waals surface area contributed by atoms with E-state index in [4.69, 9.17) is 15.2 Å². The van der Waals surface area contributed by atoms with E-state index in [-0.39, 0.29) is 18.4 Å². The molecular formula is C16H17F2NO2. The molecular weight excluding hydrogens is 276 g/mol. The molecule has 0 aliphatic heterocycles. The van der Waals surface area contributed by atoms with Crippen molar-refractivity contribution in [3.63, 3.8) is 0 Å². The van der Waals surface area contributed by atoms with Crippen LogP contribution in [0.15, 0.2) is 36.4 Å². The SMILES string of the molecule is COc1cccc(COc2cc(F)ccc2[C@@H](C)N)c1F. The van der Waals surface area contributed by atoms with Crippen molar-refractivity contribution >= 4 is 0 Å². The Bertz CT molecular complexity index is 630. The van der Waals surface area contributed by atoms with Crippen molar-refractivity contribution in [1.29, 1.82) is 0 Å².